The Morgan fingerprint density at radius 3 is 2.62 bits per heavy atom. The van der Waals surface area contributed by atoms with Crippen LogP contribution < -0.4 is 0 Å². The minimum Gasteiger partial charge on any atom is -0.478 e. The monoisotopic (exact) mass is 345 g/mol. The number of hydrogen-bond acceptors (Lipinski definition) is 3. The first-order valence-electron chi connectivity index (χ1n) is 6.34. The fourth-order valence-electron chi connectivity index (χ4n) is 2.29. The summed E-state index contributed by atoms with van der Waals surface area (Å²) in [6, 6.07) is 8.74. The smallest absolute Gasteiger partial charge is 0.336 e. The molecule has 0 aliphatic heterocycles. The molecule has 0 aliphatic rings. The van der Waals surface area contributed by atoms with E-state index >= 15 is 0 Å². The van der Waals surface area contributed by atoms with Crippen LogP contribution in [0.2, 0.25) is 0 Å². The summed E-state index contributed by atoms with van der Waals surface area (Å²) < 4.78 is 2.55. The second-order valence-corrected chi connectivity index (χ2v) is 5.54. The van der Waals surface area contributed by atoms with Crippen LogP contribution in [0.4, 0.5) is 0 Å². The molecule has 0 aliphatic carbocycles. The Bertz CT molecular complexity index is 871. The van der Waals surface area contributed by atoms with E-state index in [0.717, 1.165) is 15.9 Å². The number of aromatic carboxylic acids is 1. The molecule has 0 atom stereocenters. The van der Waals surface area contributed by atoms with Gasteiger partial charge in [-0.25, -0.2) is 14.5 Å². The van der Waals surface area contributed by atoms with Crippen LogP contribution in [0.3, 0.4) is 0 Å². The van der Waals surface area contributed by atoms with E-state index < -0.39 is 5.97 Å². The molecule has 21 heavy (non-hydrogen) atoms. The van der Waals surface area contributed by atoms with Crippen LogP contribution in [0.1, 0.15) is 21.7 Å². The van der Waals surface area contributed by atoms with Crippen molar-refractivity contribution < 1.29 is 9.90 Å². The second kappa shape index (κ2) is 4.96. The van der Waals surface area contributed by atoms with Crippen LogP contribution in [-0.4, -0.2) is 25.8 Å². The SMILES string of the molecule is Cc1nn(-c2cc(C(=O)O)c3ccccc3n2)c(C)c1Br. The van der Waals surface area contributed by atoms with Gasteiger partial charge in [0.05, 0.1) is 26.9 Å². The third kappa shape index (κ3) is 2.21. The molecule has 0 radical (unpaired) electrons. The average molecular weight is 346 g/mol. The number of pyridine rings is 1. The van der Waals surface area contributed by atoms with Crippen molar-refractivity contribution in [2.45, 2.75) is 13.8 Å². The molecule has 0 saturated carbocycles. The summed E-state index contributed by atoms with van der Waals surface area (Å²) >= 11 is 3.47. The summed E-state index contributed by atoms with van der Waals surface area (Å²) in [4.78, 5) is 16.0. The second-order valence-electron chi connectivity index (χ2n) is 4.75. The molecular formula is C15H12BrN3O2. The number of halogens is 1. The molecule has 2 aromatic heterocycles. The molecule has 5 nitrogen and oxygen atoms in total. The van der Waals surface area contributed by atoms with Gasteiger partial charge < -0.3 is 5.11 Å². The maximum Gasteiger partial charge on any atom is 0.336 e. The lowest BCUT2D eigenvalue weighted by atomic mass is 10.1. The van der Waals surface area contributed by atoms with Crippen molar-refractivity contribution in [3.63, 3.8) is 0 Å². The topological polar surface area (TPSA) is 68.0 Å². The van der Waals surface area contributed by atoms with Crippen molar-refractivity contribution in [3.05, 3.63) is 51.8 Å². The van der Waals surface area contributed by atoms with Gasteiger partial charge in [-0.2, -0.15) is 5.10 Å². The zero-order valence-electron chi connectivity index (χ0n) is 11.5. The number of rotatable bonds is 2. The van der Waals surface area contributed by atoms with Crippen LogP contribution in [0.5, 0.6) is 0 Å². The zero-order chi connectivity index (χ0) is 15.1. The molecule has 0 bridgehead atoms. The lowest BCUT2D eigenvalue weighted by molar-refractivity contribution is 0.0699. The van der Waals surface area contributed by atoms with Crippen molar-refractivity contribution in [1.82, 2.24) is 14.8 Å². The highest BCUT2D eigenvalue weighted by Crippen LogP contribution is 2.25. The molecule has 0 unspecified atom stereocenters. The number of carboxylic acids is 1. The van der Waals surface area contributed by atoms with Crippen LogP contribution >= 0.6 is 15.9 Å². The van der Waals surface area contributed by atoms with Gasteiger partial charge in [-0.3, -0.25) is 0 Å². The van der Waals surface area contributed by atoms with E-state index in [0.29, 0.717) is 16.7 Å². The number of hydrogen-bond donors (Lipinski definition) is 1. The van der Waals surface area contributed by atoms with E-state index in [1.807, 2.05) is 19.9 Å². The highest BCUT2D eigenvalue weighted by atomic mass is 79.9. The lowest BCUT2D eigenvalue weighted by Gasteiger charge is -2.08. The first kappa shape index (κ1) is 13.8. The number of aromatic nitrogens is 3. The van der Waals surface area contributed by atoms with E-state index in [9.17, 15) is 9.90 Å². The van der Waals surface area contributed by atoms with Crippen molar-refractivity contribution in [1.29, 1.82) is 0 Å². The minimum absolute atomic E-state index is 0.222. The Hall–Kier alpha value is -2.21. The zero-order valence-corrected chi connectivity index (χ0v) is 13.0. The number of carboxylic acid groups (broad SMARTS) is 1. The van der Waals surface area contributed by atoms with Gasteiger partial charge in [-0.05, 0) is 41.9 Å². The highest BCUT2D eigenvalue weighted by molar-refractivity contribution is 9.10. The maximum absolute atomic E-state index is 11.5. The molecule has 6 heteroatoms. The molecule has 106 valence electrons. The predicted molar refractivity (Wildman–Crippen MR) is 83.0 cm³/mol. The fraction of sp³-hybridized carbons (Fsp3) is 0.133. The predicted octanol–water partition coefficient (Wildman–Crippen LogP) is 3.50. The van der Waals surface area contributed by atoms with Crippen molar-refractivity contribution >= 4 is 32.8 Å². The van der Waals surface area contributed by atoms with Gasteiger partial charge in [-0.15, -0.1) is 0 Å². The number of fused-ring (bicyclic) bond motifs is 1. The number of benzene rings is 1. The summed E-state index contributed by atoms with van der Waals surface area (Å²) in [6.07, 6.45) is 0. The Labute approximate surface area is 129 Å². The number of carbonyl (C=O) groups is 1. The van der Waals surface area contributed by atoms with Gasteiger partial charge >= 0.3 is 5.97 Å². The normalized spacial score (nSPS) is 11.0. The fourth-order valence-corrected chi connectivity index (χ4v) is 2.54. The molecule has 1 aromatic carbocycles. The molecule has 2 heterocycles. The molecule has 1 N–H and O–H groups in total. The Balaban J connectivity index is 2.33. The number of para-hydroxylation sites is 1. The maximum atomic E-state index is 11.5. The van der Waals surface area contributed by atoms with E-state index in [1.54, 1.807) is 28.9 Å². The minimum atomic E-state index is -0.976. The third-order valence-electron chi connectivity index (χ3n) is 3.35. The van der Waals surface area contributed by atoms with Gasteiger partial charge in [0.25, 0.3) is 0 Å². The highest BCUT2D eigenvalue weighted by Gasteiger charge is 2.16. The van der Waals surface area contributed by atoms with Crippen LogP contribution in [0.15, 0.2) is 34.8 Å². The Kier molecular flexibility index (Phi) is 3.25. The van der Waals surface area contributed by atoms with Gasteiger partial charge in [-0.1, -0.05) is 18.2 Å². The molecule has 0 spiro atoms. The molecule has 0 saturated heterocycles. The molecule has 3 rings (SSSR count). The molecule has 0 amide bonds. The molecule has 3 aromatic rings. The first-order chi connectivity index (χ1) is 9.99. The van der Waals surface area contributed by atoms with Gasteiger partial charge in [0.1, 0.15) is 0 Å². The van der Waals surface area contributed by atoms with Crippen LogP contribution in [0.25, 0.3) is 16.7 Å². The summed E-state index contributed by atoms with van der Waals surface area (Å²) in [5.74, 6) is -0.479. The van der Waals surface area contributed by atoms with E-state index in [-0.39, 0.29) is 5.56 Å². The van der Waals surface area contributed by atoms with Gasteiger partial charge in [0, 0.05) is 5.39 Å². The van der Waals surface area contributed by atoms with Crippen molar-refractivity contribution in [3.8, 4) is 5.82 Å². The lowest BCUT2D eigenvalue weighted by Crippen LogP contribution is -2.06. The van der Waals surface area contributed by atoms with Crippen LogP contribution in [-0.2, 0) is 0 Å². The number of aryl methyl sites for hydroxylation is 1. The van der Waals surface area contributed by atoms with E-state index in [1.165, 1.54) is 0 Å². The quantitative estimate of drug-likeness (QED) is 0.771. The van der Waals surface area contributed by atoms with Crippen LogP contribution in [0, 0.1) is 13.8 Å². The summed E-state index contributed by atoms with van der Waals surface area (Å²) in [7, 11) is 0. The summed E-state index contributed by atoms with van der Waals surface area (Å²) in [5.41, 5.74) is 2.57. The Morgan fingerprint density at radius 2 is 2.00 bits per heavy atom. The largest absolute Gasteiger partial charge is 0.478 e. The van der Waals surface area contributed by atoms with E-state index in [2.05, 4.69) is 26.0 Å². The summed E-state index contributed by atoms with van der Waals surface area (Å²) in [5, 5.41) is 14.4. The number of nitrogens with zero attached hydrogens (tertiary/aromatic N) is 3. The Morgan fingerprint density at radius 1 is 1.29 bits per heavy atom. The summed E-state index contributed by atoms with van der Waals surface area (Å²) in [6.45, 7) is 3.79. The molecular weight excluding hydrogens is 334 g/mol. The molecule has 0 fully saturated rings. The van der Waals surface area contributed by atoms with Crippen molar-refractivity contribution in [2.24, 2.45) is 0 Å². The van der Waals surface area contributed by atoms with Gasteiger partial charge in [0.15, 0.2) is 5.82 Å². The van der Waals surface area contributed by atoms with E-state index in [4.69, 9.17) is 0 Å². The van der Waals surface area contributed by atoms with Gasteiger partial charge in [0.2, 0.25) is 0 Å². The standard InChI is InChI=1S/C15H12BrN3O2/c1-8-14(16)9(2)19(18-8)13-7-11(15(20)21)10-5-3-4-6-12(10)17-13/h3-7H,1-2H3,(H,20,21). The average Bonchev–Trinajstić information content (AvgIpc) is 2.73. The van der Waals surface area contributed by atoms with Crippen molar-refractivity contribution in [2.75, 3.05) is 0 Å². The first-order valence-corrected chi connectivity index (χ1v) is 7.13. The third-order valence-corrected chi connectivity index (χ3v) is 4.50.